The highest BCUT2D eigenvalue weighted by Crippen LogP contribution is 2.18. The van der Waals surface area contributed by atoms with Gasteiger partial charge in [0.2, 0.25) is 5.16 Å². The van der Waals surface area contributed by atoms with E-state index in [1.807, 2.05) is 31.2 Å². The monoisotopic (exact) mass is 322 g/mol. The third-order valence-corrected chi connectivity index (χ3v) is 3.65. The first-order valence-electron chi connectivity index (χ1n) is 6.81. The van der Waals surface area contributed by atoms with Gasteiger partial charge in [-0.1, -0.05) is 11.8 Å². The molecule has 0 unspecified atom stereocenters. The molecule has 0 aliphatic carbocycles. The van der Waals surface area contributed by atoms with Crippen LogP contribution < -0.4 is 20.9 Å². The second-order valence-electron chi connectivity index (χ2n) is 4.34. The number of ether oxygens (including phenoxy) is 2. The molecule has 7 nitrogen and oxygen atoms in total. The van der Waals surface area contributed by atoms with E-state index in [2.05, 4.69) is 10.2 Å². The lowest BCUT2D eigenvalue weighted by Crippen LogP contribution is -2.32. The van der Waals surface area contributed by atoms with Crippen LogP contribution >= 0.6 is 11.8 Å². The number of nitrogens with two attached hydrogens (primary N) is 1. The standard InChI is InChI=1S/C14H18N4O3S/c1-3-20-11-4-6-12(7-5-11)21-8-9-22-14-17-16-10(2)13(19)18(14)15/h4-7H,3,8-9,15H2,1-2H3. The predicted molar refractivity (Wildman–Crippen MR) is 85.0 cm³/mol. The van der Waals surface area contributed by atoms with Crippen LogP contribution in [0, 0.1) is 6.92 Å². The molecule has 118 valence electrons. The number of nitrogens with zero attached hydrogens (tertiary/aromatic N) is 3. The van der Waals surface area contributed by atoms with E-state index in [-0.39, 0.29) is 11.3 Å². The van der Waals surface area contributed by atoms with Crippen molar-refractivity contribution in [3.8, 4) is 11.5 Å². The zero-order chi connectivity index (χ0) is 15.9. The largest absolute Gasteiger partial charge is 0.494 e. The summed E-state index contributed by atoms with van der Waals surface area (Å²) in [5.41, 5.74) is -0.0672. The summed E-state index contributed by atoms with van der Waals surface area (Å²) in [6, 6.07) is 7.41. The lowest BCUT2D eigenvalue weighted by Gasteiger charge is -2.08. The summed E-state index contributed by atoms with van der Waals surface area (Å²) in [5, 5.41) is 8.03. The second kappa shape index (κ2) is 7.69. The maximum absolute atomic E-state index is 11.6. The number of benzene rings is 1. The molecule has 1 aromatic carbocycles. The molecule has 0 fully saturated rings. The molecule has 0 amide bonds. The zero-order valence-corrected chi connectivity index (χ0v) is 13.3. The summed E-state index contributed by atoms with van der Waals surface area (Å²) >= 11 is 1.32. The van der Waals surface area contributed by atoms with Gasteiger partial charge in [0, 0.05) is 5.75 Å². The van der Waals surface area contributed by atoms with Crippen molar-refractivity contribution >= 4 is 11.8 Å². The first kappa shape index (κ1) is 16.2. The summed E-state index contributed by atoms with van der Waals surface area (Å²) in [6.45, 7) is 4.60. The van der Waals surface area contributed by atoms with E-state index in [1.54, 1.807) is 6.92 Å². The van der Waals surface area contributed by atoms with Crippen LogP contribution in [0.3, 0.4) is 0 Å². The molecule has 1 aromatic heterocycles. The summed E-state index contributed by atoms with van der Waals surface area (Å²) < 4.78 is 12.0. The Morgan fingerprint density at radius 3 is 2.45 bits per heavy atom. The van der Waals surface area contributed by atoms with E-state index in [0.29, 0.717) is 24.1 Å². The van der Waals surface area contributed by atoms with Crippen LogP contribution in [0.5, 0.6) is 11.5 Å². The minimum Gasteiger partial charge on any atom is -0.494 e. The molecular formula is C14H18N4O3S. The van der Waals surface area contributed by atoms with Gasteiger partial charge in [-0.3, -0.25) is 4.79 Å². The highest BCUT2D eigenvalue weighted by atomic mass is 32.2. The molecule has 0 spiro atoms. The van der Waals surface area contributed by atoms with Gasteiger partial charge < -0.3 is 15.3 Å². The summed E-state index contributed by atoms with van der Waals surface area (Å²) in [6.07, 6.45) is 0. The molecule has 0 aliphatic rings. The van der Waals surface area contributed by atoms with Crippen LogP contribution in [-0.2, 0) is 0 Å². The summed E-state index contributed by atoms with van der Waals surface area (Å²) in [7, 11) is 0. The Morgan fingerprint density at radius 2 is 1.82 bits per heavy atom. The van der Waals surface area contributed by atoms with Crippen LogP contribution in [0.15, 0.2) is 34.2 Å². The van der Waals surface area contributed by atoms with Gasteiger partial charge in [-0.05, 0) is 38.1 Å². The molecule has 0 bridgehead atoms. The third-order valence-electron chi connectivity index (χ3n) is 2.74. The molecule has 2 rings (SSSR count). The summed E-state index contributed by atoms with van der Waals surface area (Å²) in [4.78, 5) is 11.6. The van der Waals surface area contributed by atoms with Gasteiger partial charge in [-0.25, -0.2) is 0 Å². The molecule has 0 saturated heterocycles. The summed E-state index contributed by atoms with van der Waals surface area (Å²) in [5.74, 6) is 7.81. The number of aromatic nitrogens is 3. The first-order valence-corrected chi connectivity index (χ1v) is 7.80. The number of thioether (sulfide) groups is 1. The van der Waals surface area contributed by atoms with Crippen molar-refractivity contribution in [1.29, 1.82) is 0 Å². The SMILES string of the molecule is CCOc1ccc(OCCSc2nnc(C)c(=O)n2N)cc1. The lowest BCUT2D eigenvalue weighted by atomic mass is 10.3. The van der Waals surface area contributed by atoms with Crippen LogP contribution in [0.2, 0.25) is 0 Å². The average molecular weight is 322 g/mol. The fraction of sp³-hybridized carbons (Fsp3) is 0.357. The van der Waals surface area contributed by atoms with Gasteiger partial charge >= 0.3 is 0 Å². The number of rotatable bonds is 7. The molecule has 1 heterocycles. The molecule has 0 aliphatic heterocycles. The second-order valence-corrected chi connectivity index (χ2v) is 5.41. The number of hydrogen-bond donors (Lipinski definition) is 1. The minimum atomic E-state index is -0.343. The normalized spacial score (nSPS) is 10.5. The molecule has 2 N–H and O–H groups in total. The van der Waals surface area contributed by atoms with Gasteiger partial charge in [0.15, 0.2) is 0 Å². The molecule has 2 aromatic rings. The van der Waals surface area contributed by atoms with E-state index in [0.717, 1.165) is 16.2 Å². The van der Waals surface area contributed by atoms with Gasteiger partial charge in [0.05, 0.1) is 13.2 Å². The number of hydrogen-bond acceptors (Lipinski definition) is 7. The lowest BCUT2D eigenvalue weighted by molar-refractivity contribution is 0.332. The van der Waals surface area contributed by atoms with Gasteiger partial charge in [0.25, 0.3) is 5.56 Å². The average Bonchev–Trinajstić information content (AvgIpc) is 2.53. The minimum absolute atomic E-state index is 0.275. The van der Waals surface area contributed by atoms with E-state index < -0.39 is 0 Å². The highest BCUT2D eigenvalue weighted by molar-refractivity contribution is 7.99. The van der Waals surface area contributed by atoms with Gasteiger partial charge in [-0.2, -0.15) is 4.68 Å². The molecular weight excluding hydrogens is 304 g/mol. The number of nitrogen functional groups attached to an aromatic ring is 1. The smallest absolute Gasteiger partial charge is 0.294 e. The molecule has 0 saturated carbocycles. The van der Waals surface area contributed by atoms with Crippen molar-refractivity contribution < 1.29 is 9.47 Å². The quantitative estimate of drug-likeness (QED) is 0.465. The third kappa shape index (κ3) is 4.14. The van der Waals surface area contributed by atoms with Crippen molar-refractivity contribution in [3.63, 3.8) is 0 Å². The van der Waals surface area contributed by atoms with Crippen LogP contribution in [0.1, 0.15) is 12.6 Å². The Hall–Kier alpha value is -2.22. The van der Waals surface area contributed by atoms with Crippen LogP contribution in [0.25, 0.3) is 0 Å². The van der Waals surface area contributed by atoms with Crippen molar-refractivity contribution in [2.24, 2.45) is 0 Å². The Kier molecular flexibility index (Phi) is 5.65. The fourth-order valence-corrected chi connectivity index (χ4v) is 2.33. The Morgan fingerprint density at radius 1 is 1.18 bits per heavy atom. The van der Waals surface area contributed by atoms with Crippen LogP contribution in [-0.4, -0.2) is 33.8 Å². The molecule has 0 atom stereocenters. The molecule has 22 heavy (non-hydrogen) atoms. The van der Waals surface area contributed by atoms with Crippen LogP contribution in [0.4, 0.5) is 0 Å². The fourth-order valence-electron chi connectivity index (χ4n) is 1.66. The van der Waals surface area contributed by atoms with Gasteiger partial charge in [0.1, 0.15) is 17.2 Å². The predicted octanol–water partition coefficient (Wildman–Crippen LogP) is 1.23. The Balaban J connectivity index is 1.82. The number of aryl methyl sites for hydroxylation is 1. The first-order chi connectivity index (χ1) is 10.6. The molecule has 0 radical (unpaired) electrons. The highest BCUT2D eigenvalue weighted by Gasteiger charge is 2.07. The topological polar surface area (TPSA) is 92.3 Å². The van der Waals surface area contributed by atoms with Crippen molar-refractivity contribution in [2.45, 2.75) is 19.0 Å². The van der Waals surface area contributed by atoms with E-state index in [4.69, 9.17) is 15.3 Å². The Labute approximate surface area is 132 Å². The van der Waals surface area contributed by atoms with Gasteiger partial charge in [-0.15, -0.1) is 10.2 Å². The zero-order valence-electron chi connectivity index (χ0n) is 12.5. The van der Waals surface area contributed by atoms with E-state index in [1.165, 1.54) is 11.8 Å². The van der Waals surface area contributed by atoms with Crippen molar-refractivity contribution in [1.82, 2.24) is 14.9 Å². The maximum atomic E-state index is 11.6. The Bertz CT molecular complexity index is 673. The molecule has 8 heteroatoms. The van der Waals surface area contributed by atoms with Crippen molar-refractivity contribution in [3.05, 3.63) is 40.3 Å². The van der Waals surface area contributed by atoms with Crippen molar-refractivity contribution in [2.75, 3.05) is 24.8 Å². The van der Waals surface area contributed by atoms with E-state index >= 15 is 0 Å². The maximum Gasteiger partial charge on any atom is 0.294 e. The van der Waals surface area contributed by atoms with E-state index in [9.17, 15) is 4.79 Å².